The molecule has 3 rings (SSSR count). The van der Waals surface area contributed by atoms with Gasteiger partial charge in [-0.25, -0.2) is 0 Å². The topological polar surface area (TPSA) is 51.1 Å². The molecule has 1 N–H and O–H groups in total. The third-order valence-corrected chi connectivity index (χ3v) is 3.29. The molecule has 0 radical (unpaired) electrons. The number of hydrogen-bond donors (Lipinski definition) is 1. The lowest BCUT2D eigenvalue weighted by Crippen LogP contribution is -2.12. The van der Waals surface area contributed by atoms with E-state index in [0.717, 1.165) is 28.4 Å². The van der Waals surface area contributed by atoms with E-state index < -0.39 is 0 Å². The van der Waals surface area contributed by atoms with E-state index in [1.165, 1.54) is 0 Å². The number of oxime groups is 1. The minimum absolute atomic E-state index is 0.405. The first kappa shape index (κ1) is 13.2. The molecule has 0 amide bonds. The number of benzene rings is 2. The molecule has 0 unspecified atom stereocenters. The normalized spacial score (nSPS) is 14.0. The lowest BCUT2D eigenvalue weighted by molar-refractivity contribution is 0.315. The Labute approximate surface area is 122 Å². The van der Waals surface area contributed by atoms with Crippen LogP contribution in [0.1, 0.15) is 12.5 Å². The zero-order valence-electron chi connectivity index (χ0n) is 11.6. The average molecular weight is 281 g/mol. The summed E-state index contributed by atoms with van der Waals surface area (Å²) < 4.78 is 11.5. The second-order valence-corrected chi connectivity index (χ2v) is 4.76. The summed E-state index contributed by atoms with van der Waals surface area (Å²) in [4.78, 5) is 0. The molecule has 4 nitrogen and oxygen atoms in total. The fraction of sp³-hybridized carbons (Fsp3) is 0.118. The van der Waals surface area contributed by atoms with Crippen LogP contribution in [0.25, 0.3) is 6.08 Å². The van der Waals surface area contributed by atoms with E-state index in [0.29, 0.717) is 12.3 Å². The Morgan fingerprint density at radius 2 is 1.95 bits per heavy atom. The first-order chi connectivity index (χ1) is 10.3. The number of nitrogens with zero attached hydrogens (tertiary/aromatic N) is 1. The maximum absolute atomic E-state index is 8.85. The summed E-state index contributed by atoms with van der Waals surface area (Å²) >= 11 is 0. The standard InChI is InChI=1S/C17H15NO3/c1-12(18-19)14-9-13-10-16(7-8-17(13)20-11-14)21-15-5-3-2-4-6-15/h2-10,19H,11H2,1H3/b18-12-. The molecular weight excluding hydrogens is 266 g/mol. The van der Waals surface area contributed by atoms with E-state index in [9.17, 15) is 0 Å². The van der Waals surface area contributed by atoms with Gasteiger partial charge >= 0.3 is 0 Å². The minimum Gasteiger partial charge on any atom is -0.488 e. The Morgan fingerprint density at radius 3 is 2.71 bits per heavy atom. The van der Waals surface area contributed by atoms with Crippen molar-refractivity contribution in [1.82, 2.24) is 0 Å². The molecule has 0 saturated carbocycles. The van der Waals surface area contributed by atoms with Crippen molar-refractivity contribution in [2.24, 2.45) is 5.16 Å². The zero-order valence-corrected chi connectivity index (χ0v) is 11.6. The highest BCUT2D eigenvalue weighted by Gasteiger charge is 2.14. The van der Waals surface area contributed by atoms with Crippen molar-refractivity contribution in [2.75, 3.05) is 6.61 Å². The van der Waals surface area contributed by atoms with Crippen LogP contribution in [0, 0.1) is 0 Å². The zero-order chi connectivity index (χ0) is 14.7. The molecule has 1 aliphatic heterocycles. The number of para-hydroxylation sites is 1. The molecule has 0 atom stereocenters. The van der Waals surface area contributed by atoms with Crippen LogP contribution >= 0.6 is 0 Å². The van der Waals surface area contributed by atoms with Crippen LogP contribution in [-0.4, -0.2) is 17.5 Å². The molecule has 1 heterocycles. The monoisotopic (exact) mass is 281 g/mol. The van der Waals surface area contributed by atoms with Crippen molar-refractivity contribution in [3.8, 4) is 17.2 Å². The van der Waals surface area contributed by atoms with Crippen molar-refractivity contribution in [1.29, 1.82) is 0 Å². The number of hydrogen-bond acceptors (Lipinski definition) is 4. The van der Waals surface area contributed by atoms with Crippen LogP contribution in [0.15, 0.2) is 59.3 Å². The van der Waals surface area contributed by atoms with E-state index in [1.54, 1.807) is 6.92 Å². The number of rotatable bonds is 3. The summed E-state index contributed by atoms with van der Waals surface area (Å²) in [7, 11) is 0. The molecule has 0 aliphatic carbocycles. The van der Waals surface area contributed by atoms with Crippen LogP contribution in [0.4, 0.5) is 0 Å². The molecule has 0 aromatic heterocycles. The van der Waals surface area contributed by atoms with E-state index >= 15 is 0 Å². The van der Waals surface area contributed by atoms with Gasteiger partial charge in [-0.3, -0.25) is 0 Å². The van der Waals surface area contributed by atoms with Crippen LogP contribution in [0.5, 0.6) is 17.2 Å². The lowest BCUT2D eigenvalue weighted by Gasteiger charge is -2.18. The van der Waals surface area contributed by atoms with Crippen molar-refractivity contribution in [3.05, 3.63) is 59.7 Å². The van der Waals surface area contributed by atoms with Crippen LogP contribution < -0.4 is 9.47 Å². The van der Waals surface area contributed by atoms with Crippen molar-refractivity contribution in [2.45, 2.75) is 6.92 Å². The van der Waals surface area contributed by atoms with Crippen molar-refractivity contribution < 1.29 is 14.7 Å². The van der Waals surface area contributed by atoms with Gasteiger partial charge in [0, 0.05) is 11.1 Å². The summed E-state index contributed by atoms with van der Waals surface area (Å²) in [6.45, 7) is 2.15. The second kappa shape index (κ2) is 5.71. The highest BCUT2D eigenvalue weighted by atomic mass is 16.5. The summed E-state index contributed by atoms with van der Waals surface area (Å²) in [6.07, 6.45) is 1.95. The Kier molecular flexibility index (Phi) is 3.60. The van der Waals surface area contributed by atoms with Gasteiger partial charge in [0.15, 0.2) is 0 Å². The van der Waals surface area contributed by atoms with Crippen molar-refractivity contribution in [3.63, 3.8) is 0 Å². The lowest BCUT2D eigenvalue weighted by atomic mass is 10.0. The van der Waals surface area contributed by atoms with E-state index in [-0.39, 0.29) is 0 Å². The fourth-order valence-electron chi connectivity index (χ4n) is 2.12. The predicted molar refractivity (Wildman–Crippen MR) is 81.3 cm³/mol. The first-order valence-corrected chi connectivity index (χ1v) is 6.65. The Morgan fingerprint density at radius 1 is 1.14 bits per heavy atom. The van der Waals surface area contributed by atoms with Crippen LogP contribution in [0.2, 0.25) is 0 Å². The highest BCUT2D eigenvalue weighted by molar-refractivity contribution is 6.02. The average Bonchev–Trinajstić information content (AvgIpc) is 2.54. The second-order valence-electron chi connectivity index (χ2n) is 4.76. The van der Waals surface area contributed by atoms with Crippen LogP contribution in [0.3, 0.4) is 0 Å². The molecule has 0 saturated heterocycles. The van der Waals surface area contributed by atoms with E-state index in [4.69, 9.17) is 14.7 Å². The minimum atomic E-state index is 0.405. The third kappa shape index (κ3) is 2.89. The maximum Gasteiger partial charge on any atom is 0.128 e. The molecular formula is C17H15NO3. The predicted octanol–water partition coefficient (Wildman–Crippen LogP) is 4.10. The summed E-state index contributed by atoms with van der Waals surface area (Å²) in [5, 5.41) is 12.1. The van der Waals surface area contributed by atoms with Gasteiger partial charge in [-0.1, -0.05) is 23.4 Å². The van der Waals surface area contributed by atoms with Crippen LogP contribution in [-0.2, 0) is 0 Å². The molecule has 1 aliphatic rings. The quantitative estimate of drug-likeness (QED) is 0.523. The Balaban J connectivity index is 1.90. The molecule has 2 aromatic carbocycles. The molecule has 21 heavy (non-hydrogen) atoms. The molecule has 0 spiro atoms. The first-order valence-electron chi connectivity index (χ1n) is 6.65. The van der Waals surface area contributed by atoms with Gasteiger partial charge < -0.3 is 14.7 Å². The van der Waals surface area contributed by atoms with Gasteiger partial charge in [0.25, 0.3) is 0 Å². The van der Waals surface area contributed by atoms with Gasteiger partial charge in [0.2, 0.25) is 0 Å². The molecule has 0 fully saturated rings. The fourth-order valence-corrected chi connectivity index (χ4v) is 2.12. The SMILES string of the molecule is C/C(=N/O)C1=Cc2cc(Oc3ccccc3)ccc2OC1. The smallest absolute Gasteiger partial charge is 0.128 e. The summed E-state index contributed by atoms with van der Waals surface area (Å²) in [6, 6.07) is 15.3. The highest BCUT2D eigenvalue weighted by Crippen LogP contribution is 2.32. The largest absolute Gasteiger partial charge is 0.488 e. The number of fused-ring (bicyclic) bond motifs is 1. The number of ether oxygens (including phenoxy) is 2. The Hall–Kier alpha value is -2.75. The van der Waals surface area contributed by atoms with E-state index in [1.807, 2.05) is 54.6 Å². The molecule has 0 bridgehead atoms. The van der Waals surface area contributed by atoms with Crippen molar-refractivity contribution >= 4 is 11.8 Å². The molecule has 4 heteroatoms. The molecule has 106 valence electrons. The van der Waals surface area contributed by atoms with Gasteiger partial charge in [-0.2, -0.15) is 0 Å². The third-order valence-electron chi connectivity index (χ3n) is 3.29. The summed E-state index contributed by atoms with van der Waals surface area (Å²) in [5.41, 5.74) is 2.31. The summed E-state index contributed by atoms with van der Waals surface area (Å²) in [5.74, 6) is 2.32. The van der Waals surface area contributed by atoms with Gasteiger partial charge in [-0.15, -0.1) is 0 Å². The Bertz CT molecular complexity index is 705. The van der Waals surface area contributed by atoms with Gasteiger partial charge in [0.1, 0.15) is 23.9 Å². The maximum atomic E-state index is 8.85. The van der Waals surface area contributed by atoms with E-state index in [2.05, 4.69) is 5.16 Å². The van der Waals surface area contributed by atoms with Gasteiger partial charge in [0.05, 0.1) is 5.71 Å². The molecule has 2 aromatic rings. The van der Waals surface area contributed by atoms with Gasteiger partial charge in [-0.05, 0) is 43.3 Å².